The molecule has 0 saturated heterocycles. The van der Waals surface area contributed by atoms with Crippen LogP contribution in [0.1, 0.15) is 17.3 Å². The fraction of sp³-hybridized carbons (Fsp3) is 0.200. The van der Waals surface area contributed by atoms with Crippen molar-refractivity contribution in [2.24, 2.45) is 0 Å². The molecule has 0 aliphatic rings. The van der Waals surface area contributed by atoms with Gasteiger partial charge in [-0.1, -0.05) is 12.6 Å². The summed E-state index contributed by atoms with van der Waals surface area (Å²) in [5.74, 6) is 0.0826. The predicted molar refractivity (Wildman–Crippen MR) is 102 cm³/mol. The van der Waals surface area contributed by atoms with Gasteiger partial charge in [-0.25, -0.2) is 4.79 Å². The number of anilines is 2. The summed E-state index contributed by atoms with van der Waals surface area (Å²) in [4.78, 5) is 23.4. The molecule has 2 aromatic rings. The summed E-state index contributed by atoms with van der Waals surface area (Å²) >= 11 is 0. The molecule has 6 nitrogen and oxygen atoms in total. The Balaban J connectivity index is 1.85. The van der Waals surface area contributed by atoms with Gasteiger partial charge in [-0.3, -0.25) is 4.79 Å². The topological polar surface area (TPSA) is 76.7 Å². The molecule has 0 radical (unpaired) electrons. The largest absolute Gasteiger partial charge is 0.489 e. The molecule has 2 rings (SSSR count). The quantitative estimate of drug-likeness (QED) is 0.561. The summed E-state index contributed by atoms with van der Waals surface area (Å²) in [5, 5.41) is 5.80. The number of hydrogen-bond acceptors (Lipinski definition) is 5. The first-order valence-corrected chi connectivity index (χ1v) is 8.07. The van der Waals surface area contributed by atoms with E-state index >= 15 is 0 Å². The molecular formula is C20H22N2O4. The number of carbonyl (C=O) groups is 2. The van der Waals surface area contributed by atoms with Gasteiger partial charge < -0.3 is 20.1 Å². The zero-order chi connectivity index (χ0) is 18.9. The second-order valence-corrected chi connectivity index (χ2v) is 5.74. The van der Waals surface area contributed by atoms with Crippen molar-refractivity contribution in [3.63, 3.8) is 0 Å². The summed E-state index contributed by atoms with van der Waals surface area (Å²) in [6.45, 7) is 6.24. The molecule has 1 amide bonds. The first-order chi connectivity index (χ1) is 12.5. The number of methoxy groups -OCH3 is 1. The Morgan fingerprint density at radius 1 is 1.08 bits per heavy atom. The Morgan fingerprint density at radius 3 is 2.46 bits per heavy atom. The van der Waals surface area contributed by atoms with Gasteiger partial charge in [0.05, 0.1) is 19.2 Å². The van der Waals surface area contributed by atoms with Gasteiger partial charge in [0.15, 0.2) is 0 Å². The number of amides is 1. The predicted octanol–water partition coefficient (Wildman–Crippen LogP) is 3.48. The van der Waals surface area contributed by atoms with Gasteiger partial charge in [-0.15, -0.1) is 0 Å². The standard InChI is InChI=1S/C20H22N2O4/c1-14(2)13-26-18-6-4-5-17(11-18)21-12-19(23)22-16-9-7-15(8-10-16)20(24)25-3/h4-11,21H,1,12-13H2,2-3H3,(H,22,23). The second-order valence-electron chi connectivity index (χ2n) is 5.74. The Hall–Kier alpha value is -3.28. The van der Waals surface area contributed by atoms with Crippen molar-refractivity contribution < 1.29 is 19.1 Å². The van der Waals surface area contributed by atoms with Crippen LogP contribution in [-0.2, 0) is 9.53 Å². The van der Waals surface area contributed by atoms with E-state index in [1.54, 1.807) is 24.3 Å². The maximum atomic E-state index is 12.1. The number of rotatable bonds is 8. The minimum Gasteiger partial charge on any atom is -0.489 e. The van der Waals surface area contributed by atoms with E-state index < -0.39 is 5.97 Å². The van der Waals surface area contributed by atoms with Crippen molar-refractivity contribution in [2.75, 3.05) is 30.9 Å². The molecule has 0 aliphatic carbocycles. The molecule has 0 aliphatic heterocycles. The zero-order valence-corrected chi connectivity index (χ0v) is 14.9. The van der Waals surface area contributed by atoms with Gasteiger partial charge in [-0.2, -0.15) is 0 Å². The fourth-order valence-electron chi connectivity index (χ4n) is 2.10. The summed E-state index contributed by atoms with van der Waals surface area (Å²) in [7, 11) is 1.32. The first kappa shape index (κ1) is 19.1. The lowest BCUT2D eigenvalue weighted by Gasteiger charge is -2.10. The van der Waals surface area contributed by atoms with E-state index in [-0.39, 0.29) is 12.5 Å². The van der Waals surface area contributed by atoms with Crippen LogP contribution >= 0.6 is 0 Å². The number of hydrogen-bond donors (Lipinski definition) is 2. The van der Waals surface area contributed by atoms with Gasteiger partial charge in [0.2, 0.25) is 5.91 Å². The normalized spacial score (nSPS) is 9.92. The third-order valence-corrected chi connectivity index (χ3v) is 3.36. The van der Waals surface area contributed by atoms with Crippen LogP contribution in [0, 0.1) is 0 Å². The van der Waals surface area contributed by atoms with Crippen molar-refractivity contribution >= 4 is 23.3 Å². The Bertz CT molecular complexity index is 785. The molecular weight excluding hydrogens is 332 g/mol. The molecule has 136 valence electrons. The molecule has 0 aromatic heterocycles. The van der Waals surface area contributed by atoms with Crippen LogP contribution in [0.15, 0.2) is 60.7 Å². The van der Waals surface area contributed by atoms with E-state index in [1.807, 2.05) is 31.2 Å². The van der Waals surface area contributed by atoms with E-state index in [0.29, 0.717) is 23.6 Å². The van der Waals surface area contributed by atoms with E-state index in [9.17, 15) is 9.59 Å². The number of ether oxygens (including phenoxy) is 2. The number of benzene rings is 2. The Morgan fingerprint density at radius 2 is 1.81 bits per heavy atom. The number of nitrogens with one attached hydrogen (secondary N) is 2. The third-order valence-electron chi connectivity index (χ3n) is 3.36. The molecule has 0 saturated carbocycles. The van der Waals surface area contributed by atoms with E-state index in [1.165, 1.54) is 7.11 Å². The fourth-order valence-corrected chi connectivity index (χ4v) is 2.10. The van der Waals surface area contributed by atoms with Crippen molar-refractivity contribution in [1.29, 1.82) is 0 Å². The molecule has 0 atom stereocenters. The van der Waals surface area contributed by atoms with E-state index in [2.05, 4.69) is 21.9 Å². The zero-order valence-electron chi connectivity index (χ0n) is 14.9. The highest BCUT2D eigenvalue weighted by Gasteiger charge is 2.06. The summed E-state index contributed by atoms with van der Waals surface area (Å²) < 4.78 is 10.2. The molecule has 0 unspecified atom stereocenters. The second kappa shape index (κ2) is 9.27. The monoisotopic (exact) mass is 354 g/mol. The molecule has 6 heteroatoms. The van der Waals surface area contributed by atoms with Crippen molar-refractivity contribution in [1.82, 2.24) is 0 Å². The average Bonchev–Trinajstić information content (AvgIpc) is 2.65. The Labute approximate surface area is 152 Å². The molecule has 0 spiro atoms. The van der Waals surface area contributed by atoms with Crippen LogP contribution in [0.4, 0.5) is 11.4 Å². The molecule has 2 N–H and O–H groups in total. The summed E-state index contributed by atoms with van der Waals surface area (Å²) in [6.07, 6.45) is 0. The number of carbonyl (C=O) groups excluding carboxylic acids is 2. The van der Waals surface area contributed by atoms with E-state index in [4.69, 9.17) is 4.74 Å². The lowest BCUT2D eigenvalue weighted by molar-refractivity contribution is -0.114. The van der Waals surface area contributed by atoms with Crippen molar-refractivity contribution in [3.05, 3.63) is 66.2 Å². The van der Waals surface area contributed by atoms with Gasteiger partial charge >= 0.3 is 5.97 Å². The molecule has 2 aromatic carbocycles. The molecule has 26 heavy (non-hydrogen) atoms. The first-order valence-electron chi connectivity index (χ1n) is 8.07. The molecule has 0 bridgehead atoms. The average molecular weight is 354 g/mol. The van der Waals surface area contributed by atoms with Crippen LogP contribution in [0.5, 0.6) is 5.75 Å². The van der Waals surface area contributed by atoms with Gasteiger partial charge in [-0.05, 0) is 48.9 Å². The van der Waals surface area contributed by atoms with Crippen LogP contribution in [0.25, 0.3) is 0 Å². The van der Waals surface area contributed by atoms with Crippen LogP contribution in [-0.4, -0.2) is 32.1 Å². The SMILES string of the molecule is C=C(C)COc1cccc(NCC(=O)Nc2ccc(C(=O)OC)cc2)c1. The summed E-state index contributed by atoms with van der Waals surface area (Å²) in [5.41, 5.74) is 2.74. The maximum absolute atomic E-state index is 12.1. The van der Waals surface area contributed by atoms with Crippen molar-refractivity contribution in [2.45, 2.75) is 6.92 Å². The highest BCUT2D eigenvalue weighted by Crippen LogP contribution is 2.18. The van der Waals surface area contributed by atoms with Gasteiger partial charge in [0.1, 0.15) is 12.4 Å². The minimum atomic E-state index is -0.418. The van der Waals surface area contributed by atoms with Gasteiger partial charge in [0.25, 0.3) is 0 Å². The van der Waals surface area contributed by atoms with Crippen molar-refractivity contribution in [3.8, 4) is 5.75 Å². The highest BCUT2D eigenvalue weighted by atomic mass is 16.5. The van der Waals surface area contributed by atoms with Crippen LogP contribution < -0.4 is 15.4 Å². The molecule has 0 fully saturated rings. The highest BCUT2D eigenvalue weighted by molar-refractivity contribution is 5.95. The lowest BCUT2D eigenvalue weighted by atomic mass is 10.2. The minimum absolute atomic E-state index is 0.0999. The van der Waals surface area contributed by atoms with Crippen LogP contribution in [0.3, 0.4) is 0 Å². The Kier molecular flexibility index (Phi) is 6.79. The smallest absolute Gasteiger partial charge is 0.337 e. The summed E-state index contributed by atoms with van der Waals surface area (Å²) in [6, 6.07) is 13.9. The van der Waals surface area contributed by atoms with E-state index in [0.717, 1.165) is 11.3 Å². The number of esters is 1. The van der Waals surface area contributed by atoms with Gasteiger partial charge in [0, 0.05) is 17.4 Å². The maximum Gasteiger partial charge on any atom is 0.337 e. The lowest BCUT2D eigenvalue weighted by Crippen LogP contribution is -2.21. The van der Waals surface area contributed by atoms with Crippen LogP contribution in [0.2, 0.25) is 0 Å². The molecule has 0 heterocycles. The third kappa shape index (κ3) is 5.98.